The van der Waals surface area contributed by atoms with Crippen molar-refractivity contribution in [2.75, 3.05) is 26.2 Å². The van der Waals surface area contributed by atoms with E-state index in [4.69, 9.17) is 4.74 Å². The Hall–Kier alpha value is -0.770. The van der Waals surface area contributed by atoms with Gasteiger partial charge in [-0.3, -0.25) is 0 Å². The van der Waals surface area contributed by atoms with Crippen LogP contribution in [0.4, 0.5) is 4.79 Å². The van der Waals surface area contributed by atoms with Crippen molar-refractivity contribution in [2.45, 2.75) is 51.5 Å². The van der Waals surface area contributed by atoms with Crippen molar-refractivity contribution in [1.82, 2.24) is 10.2 Å². The Balaban J connectivity index is 1.51. The van der Waals surface area contributed by atoms with Gasteiger partial charge in [-0.15, -0.1) is 0 Å². The van der Waals surface area contributed by atoms with Gasteiger partial charge in [-0.2, -0.15) is 0 Å². The third-order valence-corrected chi connectivity index (χ3v) is 4.79. The molecule has 0 bridgehead atoms. The Morgan fingerprint density at radius 1 is 1.15 bits per heavy atom. The van der Waals surface area contributed by atoms with Crippen LogP contribution >= 0.6 is 0 Å². The maximum absolute atomic E-state index is 11.6. The Kier molecular flexibility index (Phi) is 4.49. The zero-order valence-electron chi connectivity index (χ0n) is 12.6. The summed E-state index contributed by atoms with van der Waals surface area (Å²) >= 11 is 0. The minimum Gasteiger partial charge on any atom is -0.450 e. The molecule has 1 heterocycles. The normalized spacial score (nSPS) is 31.1. The molecule has 3 aliphatic rings. The van der Waals surface area contributed by atoms with Gasteiger partial charge in [0.15, 0.2) is 0 Å². The van der Waals surface area contributed by atoms with Gasteiger partial charge in [-0.05, 0) is 50.4 Å². The summed E-state index contributed by atoms with van der Waals surface area (Å²) in [6, 6.07) is 0.283. The number of ether oxygens (including phenoxy) is 1. The van der Waals surface area contributed by atoms with Gasteiger partial charge in [-0.1, -0.05) is 12.8 Å². The summed E-state index contributed by atoms with van der Waals surface area (Å²) in [7, 11) is 0. The number of piperidine rings is 1. The van der Waals surface area contributed by atoms with Crippen LogP contribution in [0.3, 0.4) is 0 Å². The van der Waals surface area contributed by atoms with E-state index in [9.17, 15) is 4.79 Å². The highest BCUT2D eigenvalue weighted by Gasteiger charge is 2.34. The molecular formula is C16H28N2O2. The van der Waals surface area contributed by atoms with Crippen molar-refractivity contribution in [3.63, 3.8) is 0 Å². The predicted octanol–water partition coefficient (Wildman–Crippen LogP) is 2.63. The fourth-order valence-corrected chi connectivity index (χ4v) is 3.56. The number of likely N-dealkylation sites (tertiary alicyclic amines) is 1. The van der Waals surface area contributed by atoms with E-state index in [1.54, 1.807) is 0 Å². The van der Waals surface area contributed by atoms with Gasteiger partial charge >= 0.3 is 6.09 Å². The molecule has 2 aliphatic carbocycles. The van der Waals surface area contributed by atoms with Crippen LogP contribution in [0.15, 0.2) is 0 Å². The number of nitrogens with zero attached hydrogens (tertiary/aromatic N) is 1. The fourth-order valence-electron chi connectivity index (χ4n) is 3.56. The molecule has 20 heavy (non-hydrogen) atoms. The van der Waals surface area contributed by atoms with Gasteiger partial charge in [0.25, 0.3) is 0 Å². The molecule has 114 valence electrons. The molecule has 4 nitrogen and oxygen atoms in total. The first-order valence-corrected chi connectivity index (χ1v) is 8.38. The lowest BCUT2D eigenvalue weighted by Gasteiger charge is -2.38. The lowest BCUT2D eigenvalue weighted by molar-refractivity contribution is 0.110. The second-order valence-corrected chi connectivity index (χ2v) is 7.00. The highest BCUT2D eigenvalue weighted by Crippen LogP contribution is 2.38. The lowest BCUT2D eigenvalue weighted by Crippen LogP contribution is -2.51. The summed E-state index contributed by atoms with van der Waals surface area (Å²) in [6.45, 7) is 5.80. The number of carbonyl (C=O) groups excluding carboxylic acids is 1. The summed E-state index contributed by atoms with van der Waals surface area (Å²) in [5, 5.41) is 3.06. The number of alkyl carbamates (subject to hydrolysis) is 1. The van der Waals surface area contributed by atoms with Crippen molar-refractivity contribution >= 4 is 6.09 Å². The minimum atomic E-state index is -0.240. The maximum atomic E-state index is 11.6. The van der Waals surface area contributed by atoms with E-state index in [0.29, 0.717) is 6.61 Å². The van der Waals surface area contributed by atoms with E-state index in [1.165, 1.54) is 45.2 Å². The van der Waals surface area contributed by atoms with Gasteiger partial charge in [0, 0.05) is 25.7 Å². The van der Waals surface area contributed by atoms with Crippen LogP contribution in [0, 0.1) is 17.8 Å². The first-order chi connectivity index (χ1) is 9.72. The number of hydrogen-bond donors (Lipinski definition) is 1. The molecule has 0 aromatic rings. The van der Waals surface area contributed by atoms with Gasteiger partial charge in [0.1, 0.15) is 0 Å². The first kappa shape index (κ1) is 14.2. The molecule has 1 N–H and O–H groups in total. The van der Waals surface area contributed by atoms with Crippen LogP contribution in [0.5, 0.6) is 0 Å². The van der Waals surface area contributed by atoms with Crippen LogP contribution in [0.1, 0.15) is 45.4 Å². The second-order valence-electron chi connectivity index (χ2n) is 7.00. The first-order valence-electron chi connectivity index (χ1n) is 8.38. The van der Waals surface area contributed by atoms with Gasteiger partial charge in [0.2, 0.25) is 0 Å². The monoisotopic (exact) mass is 280 g/mol. The number of carbonyl (C=O) groups is 1. The van der Waals surface area contributed by atoms with Crippen LogP contribution in [0.2, 0.25) is 0 Å². The van der Waals surface area contributed by atoms with Crippen LogP contribution in [-0.4, -0.2) is 43.3 Å². The third-order valence-electron chi connectivity index (χ3n) is 4.79. The van der Waals surface area contributed by atoms with E-state index in [0.717, 1.165) is 30.7 Å². The summed E-state index contributed by atoms with van der Waals surface area (Å²) in [4.78, 5) is 14.2. The predicted molar refractivity (Wildman–Crippen MR) is 78.6 cm³/mol. The van der Waals surface area contributed by atoms with E-state index in [-0.39, 0.29) is 12.1 Å². The highest BCUT2D eigenvalue weighted by atomic mass is 16.5. The lowest BCUT2D eigenvalue weighted by atomic mass is 9.89. The maximum Gasteiger partial charge on any atom is 0.407 e. The average Bonchev–Trinajstić information content (AvgIpc) is 3.25. The second kappa shape index (κ2) is 6.33. The molecule has 1 aliphatic heterocycles. The summed E-state index contributed by atoms with van der Waals surface area (Å²) < 4.78 is 5.03. The number of nitrogens with one attached hydrogen (secondary N) is 1. The molecule has 4 heteroatoms. The van der Waals surface area contributed by atoms with Crippen molar-refractivity contribution < 1.29 is 9.53 Å². The Labute approximate surface area is 122 Å². The zero-order chi connectivity index (χ0) is 13.9. The number of amides is 1. The van der Waals surface area contributed by atoms with E-state index in [1.807, 2.05) is 6.92 Å². The van der Waals surface area contributed by atoms with Crippen molar-refractivity contribution in [1.29, 1.82) is 0 Å². The van der Waals surface area contributed by atoms with Gasteiger partial charge in [-0.25, -0.2) is 4.79 Å². The Morgan fingerprint density at radius 3 is 2.55 bits per heavy atom. The molecule has 0 spiro atoms. The molecule has 2 unspecified atom stereocenters. The molecule has 3 fully saturated rings. The SMILES string of the molecule is CCOC(=O)NC1CC(CC2CC2)CN(CC2CC2)C1. The number of rotatable bonds is 6. The van der Waals surface area contributed by atoms with E-state index < -0.39 is 0 Å². The Morgan fingerprint density at radius 2 is 1.90 bits per heavy atom. The summed E-state index contributed by atoms with van der Waals surface area (Å²) in [5.41, 5.74) is 0. The standard InChI is InChI=1S/C16H28N2O2/c1-2-20-16(19)17-15-8-14(7-12-3-4-12)10-18(11-15)9-13-5-6-13/h12-15H,2-11H2,1H3,(H,17,19). The molecule has 2 atom stereocenters. The molecule has 2 saturated carbocycles. The highest BCUT2D eigenvalue weighted by molar-refractivity contribution is 5.67. The van der Waals surface area contributed by atoms with Crippen molar-refractivity contribution in [3.05, 3.63) is 0 Å². The van der Waals surface area contributed by atoms with Crippen molar-refractivity contribution in [3.8, 4) is 0 Å². The molecule has 1 saturated heterocycles. The van der Waals surface area contributed by atoms with Crippen LogP contribution < -0.4 is 5.32 Å². The molecule has 1 amide bonds. The van der Waals surface area contributed by atoms with Gasteiger partial charge in [0.05, 0.1) is 6.61 Å². The van der Waals surface area contributed by atoms with Gasteiger partial charge < -0.3 is 15.0 Å². The molecular weight excluding hydrogens is 252 g/mol. The van der Waals surface area contributed by atoms with Crippen molar-refractivity contribution in [2.24, 2.45) is 17.8 Å². The molecule has 0 radical (unpaired) electrons. The summed E-state index contributed by atoms with van der Waals surface area (Å²) in [6.07, 6.45) is 7.92. The molecule has 0 aromatic heterocycles. The fraction of sp³-hybridized carbons (Fsp3) is 0.938. The summed E-state index contributed by atoms with van der Waals surface area (Å²) in [5.74, 6) is 2.67. The van der Waals surface area contributed by atoms with E-state index in [2.05, 4.69) is 10.2 Å². The van der Waals surface area contributed by atoms with Crippen LogP contribution in [0.25, 0.3) is 0 Å². The topological polar surface area (TPSA) is 41.6 Å². The average molecular weight is 280 g/mol. The number of hydrogen-bond acceptors (Lipinski definition) is 3. The van der Waals surface area contributed by atoms with E-state index >= 15 is 0 Å². The molecule has 0 aromatic carbocycles. The van der Waals surface area contributed by atoms with Crippen LogP contribution in [-0.2, 0) is 4.74 Å². The zero-order valence-corrected chi connectivity index (χ0v) is 12.6. The third kappa shape index (κ3) is 4.37. The quantitative estimate of drug-likeness (QED) is 0.813. The molecule has 3 rings (SSSR count). The minimum absolute atomic E-state index is 0.240. The smallest absolute Gasteiger partial charge is 0.407 e. The Bertz CT molecular complexity index is 317. The largest absolute Gasteiger partial charge is 0.450 e.